The van der Waals surface area contributed by atoms with Crippen LogP contribution >= 0.6 is 11.6 Å². The number of nitrogens with zero attached hydrogens (tertiary/aromatic N) is 1. The van der Waals surface area contributed by atoms with Crippen LogP contribution in [0.2, 0.25) is 5.02 Å². The average molecular weight is 303 g/mol. The van der Waals surface area contributed by atoms with Crippen LogP contribution in [0.3, 0.4) is 0 Å². The molecule has 3 nitrogen and oxygen atoms in total. The summed E-state index contributed by atoms with van der Waals surface area (Å²) < 4.78 is 29.3. The molecular formula is C14H17ClF2N2O. The van der Waals surface area contributed by atoms with E-state index in [9.17, 15) is 8.78 Å². The lowest BCUT2D eigenvalue weighted by Crippen LogP contribution is -2.21. The van der Waals surface area contributed by atoms with Gasteiger partial charge >= 0.3 is 6.61 Å². The SMILES string of the molecule is C/C(C(=N)c1ccc(Cl)c(C)c1)=C(\OC(F)F)N(C)C. The number of ether oxygens (including phenoxy) is 1. The first-order valence-corrected chi connectivity index (χ1v) is 6.30. The van der Waals surface area contributed by atoms with E-state index < -0.39 is 6.61 Å². The molecule has 0 amide bonds. The molecule has 0 saturated carbocycles. The molecule has 0 spiro atoms. The van der Waals surface area contributed by atoms with Crippen LogP contribution in [0.4, 0.5) is 8.78 Å². The van der Waals surface area contributed by atoms with Gasteiger partial charge in [0.1, 0.15) is 0 Å². The third-order valence-electron chi connectivity index (χ3n) is 2.75. The number of nitrogens with one attached hydrogen (secondary N) is 1. The molecule has 110 valence electrons. The standard InChI is InChI=1S/C14H17ClF2N2O/c1-8-7-10(5-6-11(8)15)12(18)9(2)13(19(3)4)20-14(16)17/h5-7,14,18H,1-4H3/b13-9+,18-12?. The van der Waals surface area contributed by atoms with Gasteiger partial charge < -0.3 is 9.64 Å². The van der Waals surface area contributed by atoms with E-state index in [-0.39, 0.29) is 11.6 Å². The molecular weight excluding hydrogens is 286 g/mol. The summed E-state index contributed by atoms with van der Waals surface area (Å²) in [5.74, 6) is -0.0300. The van der Waals surface area contributed by atoms with E-state index in [1.165, 1.54) is 4.90 Å². The fourth-order valence-electron chi connectivity index (χ4n) is 1.74. The quantitative estimate of drug-likeness (QED) is 0.658. The zero-order valence-corrected chi connectivity index (χ0v) is 12.6. The van der Waals surface area contributed by atoms with E-state index in [2.05, 4.69) is 4.74 Å². The van der Waals surface area contributed by atoms with Gasteiger partial charge in [0, 0.05) is 30.3 Å². The molecule has 6 heteroatoms. The Bertz CT molecular complexity index is 542. The van der Waals surface area contributed by atoms with Crippen molar-refractivity contribution in [1.29, 1.82) is 5.41 Å². The number of alkyl halides is 2. The predicted molar refractivity (Wildman–Crippen MR) is 76.5 cm³/mol. The van der Waals surface area contributed by atoms with Crippen LogP contribution in [0, 0.1) is 12.3 Å². The summed E-state index contributed by atoms with van der Waals surface area (Å²) in [6, 6.07) is 5.10. The maximum Gasteiger partial charge on any atom is 0.388 e. The average Bonchev–Trinajstić information content (AvgIpc) is 2.37. The van der Waals surface area contributed by atoms with Gasteiger partial charge in [0.05, 0.1) is 5.71 Å². The van der Waals surface area contributed by atoms with Crippen molar-refractivity contribution in [3.8, 4) is 0 Å². The first kappa shape index (κ1) is 16.4. The largest absolute Gasteiger partial charge is 0.419 e. The lowest BCUT2D eigenvalue weighted by Gasteiger charge is -2.20. The van der Waals surface area contributed by atoms with Crippen LogP contribution in [0.15, 0.2) is 29.7 Å². The Balaban J connectivity index is 3.18. The highest BCUT2D eigenvalue weighted by atomic mass is 35.5. The molecule has 0 fully saturated rings. The molecule has 0 atom stereocenters. The molecule has 1 aromatic rings. The van der Waals surface area contributed by atoms with Gasteiger partial charge in [-0.2, -0.15) is 8.78 Å². The highest BCUT2D eigenvalue weighted by Crippen LogP contribution is 2.21. The van der Waals surface area contributed by atoms with Crippen molar-refractivity contribution in [3.05, 3.63) is 45.8 Å². The number of hydrogen-bond donors (Lipinski definition) is 1. The molecule has 0 bridgehead atoms. The second-order valence-corrected chi connectivity index (χ2v) is 4.95. The van der Waals surface area contributed by atoms with Gasteiger partial charge in [0.2, 0.25) is 0 Å². The van der Waals surface area contributed by atoms with Crippen molar-refractivity contribution < 1.29 is 13.5 Å². The van der Waals surface area contributed by atoms with E-state index >= 15 is 0 Å². The zero-order valence-electron chi connectivity index (χ0n) is 11.8. The molecule has 0 unspecified atom stereocenters. The first-order valence-electron chi connectivity index (χ1n) is 5.92. The third-order valence-corrected chi connectivity index (χ3v) is 3.17. The first-order chi connectivity index (χ1) is 9.23. The summed E-state index contributed by atoms with van der Waals surface area (Å²) >= 11 is 5.93. The fourth-order valence-corrected chi connectivity index (χ4v) is 1.85. The van der Waals surface area contributed by atoms with Crippen molar-refractivity contribution >= 4 is 17.3 Å². The molecule has 1 N–H and O–H groups in total. The lowest BCUT2D eigenvalue weighted by atomic mass is 10.0. The topological polar surface area (TPSA) is 36.3 Å². The molecule has 1 aromatic carbocycles. The van der Waals surface area contributed by atoms with Crippen LogP contribution < -0.4 is 0 Å². The van der Waals surface area contributed by atoms with E-state index in [1.807, 2.05) is 6.92 Å². The second kappa shape index (κ2) is 6.70. The number of rotatable bonds is 5. The van der Waals surface area contributed by atoms with Gasteiger partial charge in [-0.3, -0.25) is 5.41 Å². The Kier molecular flexibility index (Phi) is 5.51. The minimum atomic E-state index is -2.93. The molecule has 0 aliphatic carbocycles. The molecule has 0 heterocycles. The Labute approximate surface area is 122 Å². The zero-order chi connectivity index (χ0) is 15.4. The van der Waals surface area contributed by atoms with E-state index in [4.69, 9.17) is 17.0 Å². The van der Waals surface area contributed by atoms with E-state index in [1.54, 1.807) is 39.2 Å². The Hall–Kier alpha value is -1.62. The van der Waals surface area contributed by atoms with Gasteiger partial charge in [-0.05, 0) is 31.5 Å². The Morgan fingerprint density at radius 1 is 1.35 bits per heavy atom. The molecule has 0 saturated heterocycles. The van der Waals surface area contributed by atoms with Crippen molar-refractivity contribution in [2.24, 2.45) is 0 Å². The van der Waals surface area contributed by atoms with E-state index in [0.29, 0.717) is 16.2 Å². The Morgan fingerprint density at radius 3 is 2.40 bits per heavy atom. The van der Waals surface area contributed by atoms with E-state index in [0.717, 1.165) is 5.56 Å². The van der Waals surface area contributed by atoms with Gasteiger partial charge in [0.25, 0.3) is 0 Å². The normalized spacial score (nSPS) is 12.2. The molecule has 0 aliphatic rings. The minimum Gasteiger partial charge on any atom is -0.419 e. The summed E-state index contributed by atoms with van der Waals surface area (Å²) in [5, 5.41) is 8.72. The van der Waals surface area contributed by atoms with Crippen LogP contribution in [-0.4, -0.2) is 31.3 Å². The summed E-state index contributed by atoms with van der Waals surface area (Å²) in [5.41, 5.74) is 1.87. The summed E-state index contributed by atoms with van der Waals surface area (Å²) in [6.07, 6.45) is 0. The molecule has 0 aromatic heterocycles. The van der Waals surface area contributed by atoms with Gasteiger partial charge in [-0.1, -0.05) is 17.7 Å². The smallest absolute Gasteiger partial charge is 0.388 e. The van der Waals surface area contributed by atoms with Crippen molar-refractivity contribution in [3.63, 3.8) is 0 Å². The van der Waals surface area contributed by atoms with Gasteiger partial charge in [0.15, 0.2) is 5.88 Å². The maximum absolute atomic E-state index is 12.4. The van der Waals surface area contributed by atoms with Gasteiger partial charge in [-0.25, -0.2) is 0 Å². The molecule has 1 rings (SSSR count). The van der Waals surface area contributed by atoms with Gasteiger partial charge in [-0.15, -0.1) is 0 Å². The molecule has 0 aliphatic heterocycles. The summed E-state index contributed by atoms with van der Waals surface area (Å²) in [6.45, 7) is 0.465. The summed E-state index contributed by atoms with van der Waals surface area (Å²) in [7, 11) is 3.17. The number of hydrogen-bond acceptors (Lipinski definition) is 3. The second-order valence-electron chi connectivity index (χ2n) is 4.54. The van der Waals surface area contributed by atoms with Crippen molar-refractivity contribution in [1.82, 2.24) is 4.90 Å². The number of benzene rings is 1. The minimum absolute atomic E-state index is 0.0300. The number of allylic oxidation sites excluding steroid dienone is 1. The fraction of sp³-hybridized carbons (Fsp3) is 0.357. The monoisotopic (exact) mass is 302 g/mol. The lowest BCUT2D eigenvalue weighted by molar-refractivity contribution is -0.114. The number of aryl methyl sites for hydroxylation is 1. The summed E-state index contributed by atoms with van der Waals surface area (Å²) in [4.78, 5) is 1.42. The van der Waals surface area contributed by atoms with Crippen LogP contribution in [0.5, 0.6) is 0 Å². The van der Waals surface area contributed by atoms with Crippen LogP contribution in [-0.2, 0) is 4.74 Å². The highest BCUT2D eigenvalue weighted by Gasteiger charge is 2.17. The Morgan fingerprint density at radius 2 is 1.95 bits per heavy atom. The maximum atomic E-state index is 12.4. The number of halogens is 3. The third kappa shape index (κ3) is 3.93. The van der Waals surface area contributed by atoms with Crippen molar-refractivity contribution in [2.75, 3.05) is 14.1 Å². The predicted octanol–water partition coefficient (Wildman–Crippen LogP) is 4.05. The molecule has 20 heavy (non-hydrogen) atoms. The van der Waals surface area contributed by atoms with Crippen LogP contribution in [0.25, 0.3) is 0 Å². The van der Waals surface area contributed by atoms with Crippen LogP contribution in [0.1, 0.15) is 18.1 Å². The van der Waals surface area contributed by atoms with Crippen molar-refractivity contribution in [2.45, 2.75) is 20.5 Å². The molecule has 0 radical (unpaired) electrons. The highest BCUT2D eigenvalue weighted by molar-refractivity contribution is 6.31.